The molecule has 1 heterocycles. The van der Waals surface area contributed by atoms with Gasteiger partial charge in [-0.2, -0.15) is 0 Å². The van der Waals surface area contributed by atoms with Crippen LogP contribution in [0.25, 0.3) is 0 Å². The van der Waals surface area contributed by atoms with Gasteiger partial charge in [-0.05, 0) is 63.1 Å². The van der Waals surface area contributed by atoms with E-state index >= 15 is 0 Å². The van der Waals surface area contributed by atoms with Crippen molar-refractivity contribution in [3.8, 4) is 0 Å². The normalized spacial score (nSPS) is 10.4. The van der Waals surface area contributed by atoms with Gasteiger partial charge in [-0.1, -0.05) is 11.6 Å². The highest BCUT2D eigenvalue weighted by molar-refractivity contribution is 14.1. The van der Waals surface area contributed by atoms with E-state index in [0.29, 0.717) is 0 Å². The van der Waals surface area contributed by atoms with Crippen LogP contribution in [0.1, 0.15) is 5.56 Å². The molecule has 2 aromatic rings. The van der Waals surface area contributed by atoms with Gasteiger partial charge in [0.2, 0.25) is 0 Å². The topological polar surface area (TPSA) is 37.8 Å². The van der Waals surface area contributed by atoms with Gasteiger partial charge in [0.15, 0.2) is 0 Å². The maximum absolute atomic E-state index is 6.10. The van der Waals surface area contributed by atoms with Gasteiger partial charge in [-0.3, -0.25) is 0 Å². The highest BCUT2D eigenvalue weighted by Crippen LogP contribution is 2.31. The summed E-state index contributed by atoms with van der Waals surface area (Å²) in [6.45, 7) is 1.96. The first kappa shape index (κ1) is 13.0. The lowest BCUT2D eigenvalue weighted by Crippen LogP contribution is -1.98. The Hall–Kier alpha value is -0.400. The quantitative estimate of drug-likeness (QED) is 0.719. The lowest BCUT2D eigenvalue weighted by atomic mass is 10.2. The molecule has 0 aliphatic heterocycles. The molecule has 0 aliphatic rings. The fourth-order valence-corrected chi connectivity index (χ4v) is 2.43. The molecule has 6 heteroatoms. The molecule has 0 fully saturated rings. The van der Waals surface area contributed by atoms with Crippen molar-refractivity contribution in [2.45, 2.75) is 6.92 Å². The summed E-state index contributed by atoms with van der Waals surface area (Å²) >= 11 is 11.8. The predicted octanol–water partition coefficient (Wildman–Crippen LogP) is 4.55. The van der Waals surface area contributed by atoms with E-state index < -0.39 is 0 Å². The summed E-state index contributed by atoms with van der Waals surface area (Å²) in [5.74, 6) is 0.765. The molecule has 0 saturated heterocycles. The van der Waals surface area contributed by atoms with Crippen LogP contribution >= 0.6 is 50.1 Å². The van der Waals surface area contributed by atoms with Crippen LogP contribution in [0.5, 0.6) is 0 Å². The molecule has 3 nitrogen and oxygen atoms in total. The summed E-state index contributed by atoms with van der Waals surface area (Å²) in [6.07, 6.45) is 3.26. The maximum atomic E-state index is 6.10. The van der Waals surface area contributed by atoms with Crippen LogP contribution in [0, 0.1) is 10.5 Å². The van der Waals surface area contributed by atoms with Gasteiger partial charge in [-0.15, -0.1) is 0 Å². The van der Waals surface area contributed by atoms with E-state index in [1.165, 1.54) is 6.33 Å². The van der Waals surface area contributed by atoms with Crippen LogP contribution < -0.4 is 5.32 Å². The first-order valence-corrected chi connectivity index (χ1v) is 7.01. The van der Waals surface area contributed by atoms with Crippen molar-refractivity contribution < 1.29 is 0 Å². The molecule has 0 radical (unpaired) electrons. The third kappa shape index (κ3) is 3.08. The third-order valence-electron chi connectivity index (χ3n) is 2.17. The molecule has 0 saturated carbocycles. The van der Waals surface area contributed by atoms with Crippen LogP contribution in [-0.2, 0) is 0 Å². The van der Waals surface area contributed by atoms with Gasteiger partial charge >= 0.3 is 0 Å². The highest BCUT2D eigenvalue weighted by atomic mass is 127. The second-order valence-electron chi connectivity index (χ2n) is 3.43. The Bertz CT molecular complexity index is 562. The number of hydrogen-bond donors (Lipinski definition) is 1. The SMILES string of the molecule is Cc1cc(Br)c(Nc2ncncc2I)cc1Cl. The Labute approximate surface area is 126 Å². The summed E-state index contributed by atoms with van der Waals surface area (Å²) in [7, 11) is 0. The van der Waals surface area contributed by atoms with Crippen molar-refractivity contribution in [3.05, 3.63) is 43.3 Å². The lowest BCUT2D eigenvalue weighted by molar-refractivity contribution is 1.15. The standard InChI is InChI=1S/C11H8BrClIN3/c1-6-2-7(12)10(3-8(6)13)17-11-9(14)4-15-5-16-11/h2-5H,1H3,(H,15,16,17). The highest BCUT2D eigenvalue weighted by Gasteiger charge is 2.07. The molecule has 1 aromatic carbocycles. The second-order valence-corrected chi connectivity index (χ2v) is 5.85. The van der Waals surface area contributed by atoms with Crippen LogP contribution in [-0.4, -0.2) is 9.97 Å². The van der Waals surface area contributed by atoms with Gasteiger partial charge in [0.1, 0.15) is 12.1 Å². The number of halogens is 3. The Balaban J connectivity index is 2.37. The summed E-state index contributed by atoms with van der Waals surface area (Å²) < 4.78 is 1.91. The van der Waals surface area contributed by atoms with E-state index in [-0.39, 0.29) is 0 Å². The van der Waals surface area contributed by atoms with E-state index in [1.54, 1.807) is 6.20 Å². The van der Waals surface area contributed by atoms with Crippen molar-refractivity contribution >= 4 is 61.6 Å². The summed E-state index contributed by atoms with van der Waals surface area (Å²) in [5, 5.41) is 3.94. The number of benzene rings is 1. The molecular formula is C11H8BrClIN3. The fourth-order valence-electron chi connectivity index (χ4n) is 1.27. The Morgan fingerprint density at radius 2 is 2.18 bits per heavy atom. The maximum Gasteiger partial charge on any atom is 0.147 e. The van der Waals surface area contributed by atoms with E-state index in [0.717, 1.165) is 30.1 Å². The van der Waals surface area contributed by atoms with Crippen LogP contribution in [0.4, 0.5) is 11.5 Å². The Morgan fingerprint density at radius 3 is 2.88 bits per heavy atom. The average Bonchev–Trinajstić information content (AvgIpc) is 2.29. The molecule has 0 aliphatic carbocycles. The number of aryl methyl sites for hydroxylation is 1. The monoisotopic (exact) mass is 423 g/mol. The fraction of sp³-hybridized carbons (Fsp3) is 0.0909. The molecular weight excluding hydrogens is 416 g/mol. The van der Waals surface area contributed by atoms with Gasteiger partial charge in [0.05, 0.1) is 9.26 Å². The lowest BCUT2D eigenvalue weighted by Gasteiger charge is -2.10. The van der Waals surface area contributed by atoms with Gasteiger partial charge in [-0.25, -0.2) is 9.97 Å². The molecule has 0 bridgehead atoms. The largest absolute Gasteiger partial charge is 0.338 e. The molecule has 1 aromatic heterocycles. The van der Waals surface area contributed by atoms with Crippen molar-refractivity contribution in [1.82, 2.24) is 9.97 Å². The molecule has 2 rings (SSSR count). The molecule has 17 heavy (non-hydrogen) atoms. The minimum atomic E-state index is 0.722. The summed E-state index contributed by atoms with van der Waals surface area (Å²) in [6, 6.07) is 3.85. The van der Waals surface area contributed by atoms with Crippen molar-refractivity contribution in [1.29, 1.82) is 0 Å². The van der Waals surface area contributed by atoms with Crippen LogP contribution in [0.15, 0.2) is 29.1 Å². The van der Waals surface area contributed by atoms with Crippen molar-refractivity contribution in [2.24, 2.45) is 0 Å². The number of rotatable bonds is 2. The van der Waals surface area contributed by atoms with E-state index in [9.17, 15) is 0 Å². The smallest absolute Gasteiger partial charge is 0.147 e. The third-order valence-corrected chi connectivity index (χ3v) is 4.02. The molecule has 1 N–H and O–H groups in total. The zero-order chi connectivity index (χ0) is 12.4. The average molecular weight is 424 g/mol. The second kappa shape index (κ2) is 5.49. The van der Waals surface area contributed by atoms with Crippen molar-refractivity contribution in [2.75, 3.05) is 5.32 Å². The predicted molar refractivity (Wildman–Crippen MR) is 81.9 cm³/mol. The molecule has 0 unspecified atom stereocenters. The molecule has 0 spiro atoms. The van der Waals surface area contributed by atoms with Gasteiger partial charge in [0.25, 0.3) is 0 Å². The van der Waals surface area contributed by atoms with E-state index in [4.69, 9.17) is 11.6 Å². The van der Waals surface area contributed by atoms with Gasteiger partial charge in [0, 0.05) is 15.7 Å². The zero-order valence-electron chi connectivity index (χ0n) is 8.84. The summed E-state index contributed by atoms with van der Waals surface area (Å²) in [4.78, 5) is 8.12. The first-order chi connectivity index (χ1) is 8.08. The molecule has 0 amide bonds. The minimum Gasteiger partial charge on any atom is -0.338 e. The number of hydrogen-bond acceptors (Lipinski definition) is 3. The van der Waals surface area contributed by atoms with Gasteiger partial charge < -0.3 is 5.32 Å². The Kier molecular flexibility index (Phi) is 4.22. The number of anilines is 2. The Morgan fingerprint density at radius 1 is 1.41 bits per heavy atom. The number of aromatic nitrogens is 2. The van der Waals surface area contributed by atoms with E-state index in [1.807, 2.05) is 19.1 Å². The molecule has 88 valence electrons. The van der Waals surface area contributed by atoms with Crippen LogP contribution in [0.3, 0.4) is 0 Å². The number of nitrogens with zero attached hydrogens (tertiary/aromatic N) is 2. The minimum absolute atomic E-state index is 0.722. The first-order valence-electron chi connectivity index (χ1n) is 4.76. The summed E-state index contributed by atoms with van der Waals surface area (Å²) in [5.41, 5.74) is 1.92. The van der Waals surface area contributed by atoms with Crippen molar-refractivity contribution in [3.63, 3.8) is 0 Å². The zero-order valence-corrected chi connectivity index (χ0v) is 13.3. The van der Waals surface area contributed by atoms with E-state index in [2.05, 4.69) is 53.8 Å². The molecule has 0 atom stereocenters. The number of nitrogens with one attached hydrogen (secondary N) is 1. The van der Waals surface area contributed by atoms with Crippen LogP contribution in [0.2, 0.25) is 5.02 Å².